The summed E-state index contributed by atoms with van der Waals surface area (Å²) >= 11 is 4.49. The number of rotatable bonds is 8. The molecule has 0 aromatic rings. The molecule has 1 rings (SSSR count). The summed E-state index contributed by atoms with van der Waals surface area (Å²) in [7, 11) is 0. The molecule has 0 aromatic carbocycles. The van der Waals surface area contributed by atoms with Gasteiger partial charge in [0.15, 0.2) is 0 Å². The van der Waals surface area contributed by atoms with Gasteiger partial charge in [-0.1, -0.05) is 18.2 Å². The molecule has 0 heterocycles. The first-order valence-corrected chi connectivity index (χ1v) is 6.31. The molecule has 1 aliphatic rings. The quantitative estimate of drug-likeness (QED) is 0.366. The van der Waals surface area contributed by atoms with Crippen molar-refractivity contribution in [1.29, 1.82) is 0 Å². The van der Waals surface area contributed by atoms with Crippen LogP contribution in [0.4, 0.5) is 0 Å². The Morgan fingerprint density at radius 2 is 2.25 bits per heavy atom. The van der Waals surface area contributed by atoms with Crippen LogP contribution in [-0.4, -0.2) is 24.9 Å². The predicted octanol–water partition coefficient (Wildman–Crippen LogP) is 3.55. The molecule has 0 N–H and O–H groups in total. The van der Waals surface area contributed by atoms with Gasteiger partial charge in [-0.2, -0.15) is 0 Å². The Morgan fingerprint density at radius 3 is 3.00 bits per heavy atom. The molecule has 16 heavy (non-hydrogen) atoms. The standard InChI is InChI=1S/C13H19NOS/c16-12-14-9-5-2-6-10-15-11-13-7-3-1-4-8-13/h3,7-8H,1-2,4-6,9-11H2. The van der Waals surface area contributed by atoms with Gasteiger partial charge < -0.3 is 4.74 Å². The first-order chi connectivity index (χ1) is 7.93. The number of allylic oxidation sites excluding steroid dienone is 2. The SMILES string of the molecule is S=C=NCCCCCOCC1=CCCC=C1. The summed E-state index contributed by atoms with van der Waals surface area (Å²) < 4.78 is 5.59. The molecular formula is C13H19NOS. The van der Waals surface area contributed by atoms with Gasteiger partial charge in [-0.25, -0.2) is 4.99 Å². The number of ether oxygens (including phenoxy) is 1. The van der Waals surface area contributed by atoms with Crippen molar-refractivity contribution in [1.82, 2.24) is 0 Å². The van der Waals surface area contributed by atoms with E-state index in [2.05, 4.69) is 40.6 Å². The van der Waals surface area contributed by atoms with Gasteiger partial charge >= 0.3 is 0 Å². The molecule has 88 valence electrons. The summed E-state index contributed by atoms with van der Waals surface area (Å²) in [6.07, 6.45) is 12.3. The Balaban J connectivity index is 1.90. The van der Waals surface area contributed by atoms with Gasteiger partial charge in [0.1, 0.15) is 0 Å². The largest absolute Gasteiger partial charge is 0.377 e. The average Bonchev–Trinajstić information content (AvgIpc) is 2.34. The van der Waals surface area contributed by atoms with Crippen molar-refractivity contribution in [2.75, 3.05) is 19.8 Å². The molecule has 2 nitrogen and oxygen atoms in total. The van der Waals surface area contributed by atoms with Crippen molar-refractivity contribution < 1.29 is 4.74 Å². The first kappa shape index (κ1) is 13.3. The maximum atomic E-state index is 5.59. The lowest BCUT2D eigenvalue weighted by molar-refractivity contribution is 0.153. The van der Waals surface area contributed by atoms with E-state index < -0.39 is 0 Å². The minimum atomic E-state index is 0.759. The number of isothiocyanates is 1. The van der Waals surface area contributed by atoms with Crippen molar-refractivity contribution >= 4 is 17.4 Å². The molecule has 1 aliphatic carbocycles. The van der Waals surface area contributed by atoms with Crippen LogP contribution in [0.15, 0.2) is 28.8 Å². The number of nitrogens with zero attached hydrogens (tertiary/aromatic N) is 1. The van der Waals surface area contributed by atoms with Crippen LogP contribution >= 0.6 is 12.2 Å². The Morgan fingerprint density at radius 1 is 1.31 bits per heavy atom. The molecule has 0 radical (unpaired) electrons. The fourth-order valence-electron chi connectivity index (χ4n) is 1.58. The van der Waals surface area contributed by atoms with Crippen LogP contribution in [-0.2, 0) is 4.74 Å². The van der Waals surface area contributed by atoms with Gasteiger partial charge in [0, 0.05) is 13.2 Å². The third kappa shape index (κ3) is 6.67. The van der Waals surface area contributed by atoms with Crippen LogP contribution in [0.3, 0.4) is 0 Å². The highest BCUT2D eigenvalue weighted by Gasteiger charge is 1.97. The molecule has 0 aromatic heterocycles. The van der Waals surface area contributed by atoms with Gasteiger partial charge in [0.05, 0.1) is 11.8 Å². The van der Waals surface area contributed by atoms with E-state index in [9.17, 15) is 0 Å². The summed E-state index contributed by atoms with van der Waals surface area (Å²) in [6.45, 7) is 2.40. The molecule has 0 spiro atoms. The van der Waals surface area contributed by atoms with E-state index >= 15 is 0 Å². The number of unbranched alkanes of at least 4 members (excludes halogenated alkanes) is 2. The summed E-state index contributed by atoms with van der Waals surface area (Å²) in [5, 5.41) is 2.37. The van der Waals surface area contributed by atoms with Crippen molar-refractivity contribution in [2.24, 2.45) is 4.99 Å². The second-order valence-corrected chi connectivity index (χ2v) is 4.03. The smallest absolute Gasteiger partial charge is 0.0713 e. The molecule has 0 aliphatic heterocycles. The second-order valence-electron chi connectivity index (χ2n) is 3.85. The van der Waals surface area contributed by atoms with Crippen molar-refractivity contribution in [3.05, 3.63) is 23.8 Å². The maximum Gasteiger partial charge on any atom is 0.0713 e. The molecule has 3 heteroatoms. The maximum absolute atomic E-state index is 5.59. The molecule has 0 saturated heterocycles. The lowest BCUT2D eigenvalue weighted by atomic mass is 10.1. The number of thiocarbonyl (C=S) groups is 1. The van der Waals surface area contributed by atoms with E-state index in [1.165, 1.54) is 12.0 Å². The van der Waals surface area contributed by atoms with E-state index in [4.69, 9.17) is 4.74 Å². The van der Waals surface area contributed by atoms with E-state index in [1.807, 2.05) is 0 Å². The third-order valence-corrected chi connectivity index (χ3v) is 2.59. The Bertz CT molecular complexity index is 290. The Hall–Kier alpha value is -0.760. The van der Waals surface area contributed by atoms with Crippen LogP contribution < -0.4 is 0 Å². The molecule has 0 amide bonds. The minimum absolute atomic E-state index is 0.759. The molecular weight excluding hydrogens is 218 g/mol. The zero-order valence-corrected chi connectivity index (χ0v) is 10.5. The highest BCUT2D eigenvalue weighted by atomic mass is 32.1. The highest BCUT2D eigenvalue weighted by molar-refractivity contribution is 7.78. The molecule has 0 bridgehead atoms. The highest BCUT2D eigenvalue weighted by Crippen LogP contribution is 2.09. The Kier molecular flexibility index (Phi) is 7.87. The zero-order chi connectivity index (χ0) is 11.5. The summed E-state index contributed by atoms with van der Waals surface area (Å²) in [6, 6.07) is 0. The van der Waals surface area contributed by atoms with E-state index in [1.54, 1.807) is 0 Å². The molecule has 0 fully saturated rings. The number of hydrogen-bond acceptors (Lipinski definition) is 3. The first-order valence-electron chi connectivity index (χ1n) is 5.90. The van der Waals surface area contributed by atoms with Gasteiger partial charge in [-0.15, -0.1) is 0 Å². The topological polar surface area (TPSA) is 21.6 Å². The lowest BCUT2D eigenvalue weighted by Crippen LogP contribution is -2.00. The van der Waals surface area contributed by atoms with Crippen LogP contribution in [0, 0.1) is 0 Å². The minimum Gasteiger partial charge on any atom is -0.377 e. The van der Waals surface area contributed by atoms with E-state index in [0.717, 1.165) is 45.4 Å². The Labute approximate surface area is 103 Å². The zero-order valence-electron chi connectivity index (χ0n) is 9.65. The summed E-state index contributed by atoms with van der Waals surface area (Å²) in [4.78, 5) is 3.87. The van der Waals surface area contributed by atoms with Gasteiger partial charge in [0.25, 0.3) is 0 Å². The van der Waals surface area contributed by atoms with Crippen LogP contribution in [0.5, 0.6) is 0 Å². The number of hydrogen-bond donors (Lipinski definition) is 0. The van der Waals surface area contributed by atoms with Gasteiger partial charge in [0.2, 0.25) is 0 Å². The second kappa shape index (κ2) is 9.46. The summed E-state index contributed by atoms with van der Waals surface area (Å²) in [5.74, 6) is 0. The lowest BCUT2D eigenvalue weighted by Gasteiger charge is -2.07. The monoisotopic (exact) mass is 237 g/mol. The van der Waals surface area contributed by atoms with Crippen LogP contribution in [0.1, 0.15) is 32.1 Å². The molecule has 0 unspecified atom stereocenters. The molecule has 0 saturated carbocycles. The van der Waals surface area contributed by atoms with Crippen LogP contribution in [0.25, 0.3) is 0 Å². The fraction of sp³-hybridized carbons (Fsp3) is 0.615. The van der Waals surface area contributed by atoms with Crippen LogP contribution in [0.2, 0.25) is 0 Å². The third-order valence-electron chi connectivity index (χ3n) is 2.46. The van der Waals surface area contributed by atoms with Crippen molar-refractivity contribution in [3.63, 3.8) is 0 Å². The normalized spacial score (nSPS) is 14.4. The summed E-state index contributed by atoms with van der Waals surface area (Å²) in [5.41, 5.74) is 1.32. The van der Waals surface area contributed by atoms with Gasteiger partial charge in [-0.05, 0) is 49.9 Å². The van der Waals surface area contributed by atoms with E-state index in [0.29, 0.717) is 0 Å². The van der Waals surface area contributed by atoms with E-state index in [-0.39, 0.29) is 0 Å². The molecule has 0 atom stereocenters. The average molecular weight is 237 g/mol. The predicted molar refractivity (Wildman–Crippen MR) is 71.0 cm³/mol. The number of aliphatic imine (C=N–C) groups is 1. The van der Waals surface area contributed by atoms with Crippen molar-refractivity contribution in [2.45, 2.75) is 32.1 Å². The fourth-order valence-corrected chi connectivity index (χ4v) is 1.67. The van der Waals surface area contributed by atoms with Crippen molar-refractivity contribution in [3.8, 4) is 0 Å². The van der Waals surface area contributed by atoms with Gasteiger partial charge in [-0.3, -0.25) is 0 Å².